The molecule has 1 N–H and O–H groups in total. The van der Waals surface area contributed by atoms with Crippen molar-refractivity contribution < 1.29 is 0 Å². The van der Waals surface area contributed by atoms with E-state index in [-0.39, 0.29) is 0 Å². The van der Waals surface area contributed by atoms with Gasteiger partial charge >= 0.3 is 0 Å². The highest BCUT2D eigenvalue weighted by Gasteiger charge is 2.11. The Kier molecular flexibility index (Phi) is 7.97. The van der Waals surface area contributed by atoms with Gasteiger partial charge in [0.2, 0.25) is 0 Å². The topological polar surface area (TPSA) is 37.8 Å². The van der Waals surface area contributed by atoms with Crippen LogP contribution in [0.15, 0.2) is 0 Å². The van der Waals surface area contributed by atoms with Crippen LogP contribution in [0.3, 0.4) is 0 Å². The monoisotopic (exact) mass is 379 g/mol. The van der Waals surface area contributed by atoms with Gasteiger partial charge < -0.3 is 5.32 Å². The lowest BCUT2D eigenvalue weighted by molar-refractivity contribution is 0.844. The summed E-state index contributed by atoms with van der Waals surface area (Å²) >= 11 is 4.27. The maximum atomic E-state index is 4.70. The van der Waals surface area contributed by atoms with E-state index in [1.165, 1.54) is 21.4 Å². The van der Waals surface area contributed by atoms with Gasteiger partial charge in [-0.15, -0.1) is 0 Å². The van der Waals surface area contributed by atoms with Crippen molar-refractivity contribution in [2.24, 2.45) is 0 Å². The van der Waals surface area contributed by atoms with Gasteiger partial charge in [-0.25, -0.2) is 9.97 Å². The Balaban J connectivity index is 2.88. The Hall–Kier alpha value is -0.0400. The Morgan fingerprint density at radius 2 is 1.94 bits per heavy atom. The number of anilines is 1. The van der Waals surface area contributed by atoms with Gasteiger partial charge in [0, 0.05) is 6.54 Å². The molecule has 0 saturated carbocycles. The van der Waals surface area contributed by atoms with Crippen molar-refractivity contribution in [1.82, 2.24) is 9.97 Å². The summed E-state index contributed by atoms with van der Waals surface area (Å²) in [6.45, 7) is 7.40. The minimum atomic E-state index is 0.903. The Morgan fingerprint density at radius 1 is 1.17 bits per heavy atom. The molecule has 1 aromatic rings. The smallest absolute Gasteiger partial charge is 0.143 e. The number of rotatable bonds is 8. The van der Waals surface area contributed by atoms with E-state index in [4.69, 9.17) is 4.98 Å². The van der Waals surface area contributed by atoms with Crippen LogP contribution in [0.5, 0.6) is 0 Å². The third-order valence-corrected chi connectivity index (χ3v) is 4.67. The first-order chi connectivity index (χ1) is 8.72. The third-order valence-electron chi connectivity index (χ3n) is 2.38. The zero-order valence-corrected chi connectivity index (χ0v) is 14.4. The zero-order valence-electron chi connectivity index (χ0n) is 11.4. The summed E-state index contributed by atoms with van der Waals surface area (Å²) < 4.78 is 1.18. The molecule has 0 amide bonds. The number of hydrogen-bond acceptors (Lipinski definition) is 4. The Labute approximate surface area is 128 Å². The molecule has 0 fully saturated rings. The maximum absolute atomic E-state index is 4.70. The van der Waals surface area contributed by atoms with E-state index in [9.17, 15) is 0 Å². The highest BCUT2D eigenvalue weighted by Crippen LogP contribution is 2.22. The zero-order chi connectivity index (χ0) is 13.4. The van der Waals surface area contributed by atoms with Gasteiger partial charge in [-0.1, -0.05) is 20.3 Å². The molecule has 0 aliphatic rings. The predicted octanol–water partition coefficient (Wildman–Crippen LogP) is 4.11. The lowest BCUT2D eigenvalue weighted by Gasteiger charge is -2.11. The molecule has 5 heteroatoms. The van der Waals surface area contributed by atoms with Crippen molar-refractivity contribution in [1.29, 1.82) is 0 Å². The minimum absolute atomic E-state index is 0.903. The minimum Gasteiger partial charge on any atom is -0.369 e. The van der Waals surface area contributed by atoms with Gasteiger partial charge in [0.1, 0.15) is 11.6 Å². The molecule has 0 saturated heterocycles. The number of thioether (sulfide) groups is 1. The number of aryl methyl sites for hydroxylation is 1. The molecule has 1 aromatic heterocycles. The first-order valence-electron chi connectivity index (χ1n) is 6.59. The second-order valence-corrected chi connectivity index (χ2v) is 6.27. The SMILES string of the molecule is CCCSCc1nc(CCC)c(I)c(NCC)n1. The Morgan fingerprint density at radius 3 is 2.56 bits per heavy atom. The molecular weight excluding hydrogens is 357 g/mol. The summed E-state index contributed by atoms with van der Waals surface area (Å²) in [7, 11) is 0. The van der Waals surface area contributed by atoms with Gasteiger partial charge in [0.05, 0.1) is 15.0 Å². The van der Waals surface area contributed by atoms with E-state index in [2.05, 4.69) is 53.7 Å². The molecular formula is C13H22IN3S. The fourth-order valence-electron chi connectivity index (χ4n) is 1.60. The average Bonchev–Trinajstić information content (AvgIpc) is 2.35. The maximum Gasteiger partial charge on any atom is 0.143 e. The largest absolute Gasteiger partial charge is 0.369 e. The van der Waals surface area contributed by atoms with E-state index >= 15 is 0 Å². The van der Waals surface area contributed by atoms with Crippen LogP contribution in [0.2, 0.25) is 0 Å². The molecule has 0 atom stereocenters. The second kappa shape index (κ2) is 8.96. The molecule has 0 spiro atoms. The van der Waals surface area contributed by atoms with E-state index in [0.717, 1.165) is 36.8 Å². The molecule has 1 heterocycles. The van der Waals surface area contributed by atoms with Gasteiger partial charge in [-0.2, -0.15) is 11.8 Å². The van der Waals surface area contributed by atoms with Crippen molar-refractivity contribution in [3.63, 3.8) is 0 Å². The highest BCUT2D eigenvalue weighted by atomic mass is 127. The van der Waals surface area contributed by atoms with Crippen LogP contribution in [0, 0.1) is 3.57 Å². The van der Waals surface area contributed by atoms with Crippen LogP contribution in [-0.4, -0.2) is 22.3 Å². The molecule has 3 nitrogen and oxygen atoms in total. The van der Waals surface area contributed by atoms with Gasteiger partial charge in [-0.05, 0) is 48.1 Å². The number of halogens is 1. The van der Waals surface area contributed by atoms with Crippen molar-refractivity contribution in [3.8, 4) is 0 Å². The van der Waals surface area contributed by atoms with E-state index in [1.54, 1.807) is 0 Å². The van der Waals surface area contributed by atoms with E-state index in [1.807, 2.05) is 11.8 Å². The van der Waals surface area contributed by atoms with Crippen LogP contribution in [-0.2, 0) is 12.2 Å². The van der Waals surface area contributed by atoms with Crippen LogP contribution in [0.4, 0.5) is 5.82 Å². The summed E-state index contributed by atoms with van der Waals surface area (Å²) in [5.74, 6) is 4.06. The van der Waals surface area contributed by atoms with Crippen LogP contribution in [0.25, 0.3) is 0 Å². The summed E-state index contributed by atoms with van der Waals surface area (Å²) in [5, 5.41) is 3.34. The summed E-state index contributed by atoms with van der Waals surface area (Å²) in [5.41, 5.74) is 1.19. The number of aromatic nitrogens is 2. The average molecular weight is 379 g/mol. The van der Waals surface area contributed by atoms with Crippen molar-refractivity contribution in [3.05, 3.63) is 15.1 Å². The lowest BCUT2D eigenvalue weighted by atomic mass is 10.2. The second-order valence-electron chi connectivity index (χ2n) is 4.08. The molecule has 0 aliphatic carbocycles. The fourth-order valence-corrected chi connectivity index (χ4v) is 3.05. The highest BCUT2D eigenvalue weighted by molar-refractivity contribution is 14.1. The van der Waals surface area contributed by atoms with Crippen LogP contribution in [0.1, 0.15) is 45.1 Å². The van der Waals surface area contributed by atoms with Gasteiger partial charge in [-0.3, -0.25) is 0 Å². The lowest BCUT2D eigenvalue weighted by Crippen LogP contribution is -2.09. The normalized spacial score (nSPS) is 10.7. The van der Waals surface area contributed by atoms with Gasteiger partial charge in [0.15, 0.2) is 0 Å². The molecule has 18 heavy (non-hydrogen) atoms. The number of nitrogens with one attached hydrogen (secondary N) is 1. The first kappa shape index (κ1) is 16.0. The van der Waals surface area contributed by atoms with Crippen LogP contribution < -0.4 is 5.32 Å². The molecule has 1 rings (SSSR count). The molecule has 0 unspecified atom stereocenters. The molecule has 102 valence electrons. The van der Waals surface area contributed by atoms with Crippen LogP contribution >= 0.6 is 34.4 Å². The third kappa shape index (κ3) is 4.91. The van der Waals surface area contributed by atoms with E-state index in [0.29, 0.717) is 0 Å². The number of nitrogens with zero attached hydrogens (tertiary/aromatic N) is 2. The summed E-state index contributed by atoms with van der Waals surface area (Å²) in [6.07, 6.45) is 3.36. The summed E-state index contributed by atoms with van der Waals surface area (Å²) in [6, 6.07) is 0. The standard InChI is InChI=1S/C13H22IN3S/c1-4-7-10-12(14)13(15-6-3)17-11(16-10)9-18-8-5-2/h4-9H2,1-3H3,(H,15,16,17). The molecule has 0 radical (unpaired) electrons. The molecule has 0 aliphatic heterocycles. The van der Waals surface area contributed by atoms with Gasteiger partial charge in [0.25, 0.3) is 0 Å². The first-order valence-corrected chi connectivity index (χ1v) is 8.83. The summed E-state index contributed by atoms with van der Waals surface area (Å²) in [4.78, 5) is 9.32. The quantitative estimate of drug-likeness (QED) is 0.545. The number of hydrogen-bond donors (Lipinski definition) is 1. The molecule has 0 bridgehead atoms. The van der Waals surface area contributed by atoms with Crippen molar-refractivity contribution in [2.45, 2.75) is 45.8 Å². The predicted molar refractivity (Wildman–Crippen MR) is 89.4 cm³/mol. The fraction of sp³-hybridized carbons (Fsp3) is 0.692. The van der Waals surface area contributed by atoms with E-state index < -0.39 is 0 Å². The Bertz CT molecular complexity index is 344. The van der Waals surface area contributed by atoms with Crippen molar-refractivity contribution >= 4 is 40.2 Å². The van der Waals surface area contributed by atoms with Crippen molar-refractivity contribution in [2.75, 3.05) is 17.6 Å². The molecule has 0 aromatic carbocycles.